The number of carbonyl (C=O) groups is 1. The average Bonchev–Trinajstić information content (AvgIpc) is 3.06. The van der Waals surface area contributed by atoms with Crippen molar-refractivity contribution in [2.45, 2.75) is 66.2 Å². The minimum atomic E-state index is -0.0504. The van der Waals surface area contributed by atoms with Gasteiger partial charge in [-0.05, 0) is 72.0 Å². The van der Waals surface area contributed by atoms with Crippen molar-refractivity contribution in [3.05, 3.63) is 29.8 Å². The second-order valence-electron chi connectivity index (χ2n) is 9.34. The van der Waals surface area contributed by atoms with E-state index in [4.69, 9.17) is 4.74 Å². The van der Waals surface area contributed by atoms with Gasteiger partial charge in [0.2, 0.25) is 0 Å². The maximum Gasteiger partial charge on any atom is 0.311 e. The van der Waals surface area contributed by atoms with Gasteiger partial charge in [0.25, 0.3) is 0 Å². The van der Waals surface area contributed by atoms with E-state index < -0.39 is 0 Å². The lowest BCUT2D eigenvalue weighted by molar-refractivity contribution is -0.137. The highest BCUT2D eigenvalue weighted by atomic mass is 16.5. The van der Waals surface area contributed by atoms with E-state index in [0.29, 0.717) is 29.9 Å². The van der Waals surface area contributed by atoms with Crippen molar-refractivity contribution in [2.24, 2.45) is 29.1 Å². The van der Waals surface area contributed by atoms with Gasteiger partial charge in [0.1, 0.15) is 5.75 Å². The number of hydrogen-bond acceptors (Lipinski definition) is 2. The Bertz CT molecular complexity index is 582. The van der Waals surface area contributed by atoms with Gasteiger partial charge in [0.15, 0.2) is 0 Å². The molecule has 0 aromatic heterocycles. The third kappa shape index (κ3) is 3.53. The molecule has 1 aromatic carbocycles. The molecule has 3 atom stereocenters. The Morgan fingerprint density at radius 3 is 2.42 bits per heavy atom. The lowest BCUT2D eigenvalue weighted by Crippen LogP contribution is -2.31. The van der Waals surface area contributed by atoms with Gasteiger partial charge < -0.3 is 4.74 Å². The third-order valence-electron chi connectivity index (χ3n) is 6.18. The molecule has 132 valence electrons. The number of fused-ring (bicyclic) bond motifs is 1. The molecule has 0 radical (unpaired) electrons. The molecule has 24 heavy (non-hydrogen) atoms. The quantitative estimate of drug-likeness (QED) is 0.503. The summed E-state index contributed by atoms with van der Waals surface area (Å²) in [7, 11) is 0. The summed E-state index contributed by atoms with van der Waals surface area (Å²) >= 11 is 0. The molecule has 3 unspecified atom stereocenters. The zero-order chi connectivity index (χ0) is 17.5. The third-order valence-corrected chi connectivity index (χ3v) is 6.18. The Balaban J connectivity index is 1.67. The summed E-state index contributed by atoms with van der Waals surface area (Å²) in [5, 5.41) is 0. The van der Waals surface area contributed by atoms with Crippen LogP contribution < -0.4 is 4.74 Å². The fourth-order valence-electron chi connectivity index (χ4n) is 5.37. The molecule has 4 rings (SSSR count). The van der Waals surface area contributed by atoms with Crippen molar-refractivity contribution < 1.29 is 9.53 Å². The summed E-state index contributed by atoms with van der Waals surface area (Å²) in [6.45, 7) is 11.4. The average molecular weight is 328 g/mol. The molecule has 2 bridgehead atoms. The minimum Gasteiger partial charge on any atom is -0.427 e. The number of ether oxygens (including phenoxy) is 1. The van der Waals surface area contributed by atoms with Gasteiger partial charge in [0, 0.05) is 6.42 Å². The van der Waals surface area contributed by atoms with E-state index in [9.17, 15) is 4.79 Å². The van der Waals surface area contributed by atoms with Crippen molar-refractivity contribution >= 4 is 5.97 Å². The molecule has 0 aliphatic heterocycles. The van der Waals surface area contributed by atoms with Crippen LogP contribution in [0.4, 0.5) is 0 Å². The van der Waals surface area contributed by atoms with Crippen LogP contribution in [-0.2, 0) is 4.79 Å². The predicted octanol–water partition coefficient (Wildman–Crippen LogP) is 5.81. The van der Waals surface area contributed by atoms with E-state index in [1.807, 2.05) is 12.1 Å². The number of rotatable bonds is 5. The van der Waals surface area contributed by atoms with Crippen molar-refractivity contribution in [3.8, 4) is 5.75 Å². The van der Waals surface area contributed by atoms with Crippen LogP contribution in [0.25, 0.3) is 0 Å². The summed E-state index contributed by atoms with van der Waals surface area (Å²) < 4.78 is 5.69. The Hall–Kier alpha value is -1.31. The van der Waals surface area contributed by atoms with Crippen molar-refractivity contribution in [1.29, 1.82) is 0 Å². The zero-order valence-corrected chi connectivity index (χ0v) is 15.8. The van der Waals surface area contributed by atoms with Gasteiger partial charge in [0.05, 0.1) is 0 Å². The molecule has 3 saturated carbocycles. The Morgan fingerprint density at radius 1 is 1.21 bits per heavy atom. The van der Waals surface area contributed by atoms with Gasteiger partial charge in [-0.25, -0.2) is 0 Å². The van der Waals surface area contributed by atoms with Crippen LogP contribution >= 0.6 is 0 Å². The highest BCUT2D eigenvalue weighted by Gasteiger charge is 2.47. The number of benzene rings is 1. The van der Waals surface area contributed by atoms with Gasteiger partial charge in [-0.2, -0.15) is 0 Å². The molecule has 0 saturated heterocycles. The van der Waals surface area contributed by atoms with Crippen molar-refractivity contribution in [3.63, 3.8) is 0 Å². The van der Waals surface area contributed by atoms with Gasteiger partial charge in [-0.1, -0.05) is 46.8 Å². The Labute approximate surface area is 147 Å². The molecule has 0 spiro atoms. The van der Waals surface area contributed by atoms with Crippen LogP contribution in [0.1, 0.15) is 71.8 Å². The van der Waals surface area contributed by atoms with Crippen molar-refractivity contribution in [2.75, 3.05) is 0 Å². The monoisotopic (exact) mass is 328 g/mol. The minimum absolute atomic E-state index is 0.0504. The first kappa shape index (κ1) is 17.5. The van der Waals surface area contributed by atoms with E-state index in [1.54, 1.807) is 0 Å². The van der Waals surface area contributed by atoms with E-state index in [-0.39, 0.29) is 11.4 Å². The number of esters is 1. The molecule has 1 aromatic rings. The molecule has 0 N–H and O–H groups in total. The van der Waals surface area contributed by atoms with Gasteiger partial charge >= 0.3 is 5.97 Å². The van der Waals surface area contributed by atoms with E-state index in [1.165, 1.54) is 24.8 Å². The first-order valence-corrected chi connectivity index (χ1v) is 9.56. The maximum atomic E-state index is 12.3. The van der Waals surface area contributed by atoms with Crippen molar-refractivity contribution in [1.82, 2.24) is 0 Å². The maximum absolute atomic E-state index is 12.3. The molecular weight excluding hydrogens is 296 g/mol. The SMILES string of the molecule is CC(C)C(c1cccc(OC(=O)CC2C3CCC2C3)c1)C(C)(C)C. The molecule has 3 aliphatic rings. The second kappa shape index (κ2) is 6.54. The van der Waals surface area contributed by atoms with Crippen LogP contribution in [0, 0.1) is 29.1 Å². The zero-order valence-electron chi connectivity index (χ0n) is 15.8. The molecule has 0 amide bonds. The molecule has 3 aliphatic carbocycles. The summed E-state index contributed by atoms with van der Waals surface area (Å²) in [5.74, 6) is 3.82. The van der Waals surface area contributed by atoms with Crippen LogP contribution in [0.15, 0.2) is 24.3 Å². The van der Waals surface area contributed by atoms with E-state index in [2.05, 4.69) is 46.8 Å². The number of hydrogen-bond donors (Lipinski definition) is 0. The summed E-state index contributed by atoms with van der Waals surface area (Å²) in [5.41, 5.74) is 1.45. The fourth-order valence-corrected chi connectivity index (χ4v) is 5.37. The van der Waals surface area contributed by atoms with Gasteiger partial charge in [-0.3, -0.25) is 4.79 Å². The fraction of sp³-hybridized carbons (Fsp3) is 0.682. The number of carbonyl (C=O) groups excluding carboxylic acids is 1. The lowest BCUT2D eigenvalue weighted by atomic mass is 9.70. The summed E-state index contributed by atoms with van der Waals surface area (Å²) in [6.07, 6.45) is 4.58. The first-order chi connectivity index (χ1) is 11.3. The van der Waals surface area contributed by atoms with E-state index >= 15 is 0 Å². The van der Waals surface area contributed by atoms with E-state index in [0.717, 1.165) is 11.8 Å². The molecule has 0 heterocycles. The molecule has 3 fully saturated rings. The Morgan fingerprint density at radius 2 is 1.88 bits per heavy atom. The summed E-state index contributed by atoms with van der Waals surface area (Å²) in [4.78, 5) is 12.3. The highest BCUT2D eigenvalue weighted by Crippen LogP contribution is 2.55. The predicted molar refractivity (Wildman–Crippen MR) is 98.0 cm³/mol. The molecule has 2 nitrogen and oxygen atoms in total. The summed E-state index contributed by atoms with van der Waals surface area (Å²) in [6, 6.07) is 8.17. The van der Waals surface area contributed by atoms with Crippen LogP contribution in [-0.4, -0.2) is 5.97 Å². The van der Waals surface area contributed by atoms with Crippen LogP contribution in [0.2, 0.25) is 0 Å². The Kier molecular flexibility index (Phi) is 4.77. The highest BCUT2D eigenvalue weighted by molar-refractivity contribution is 5.73. The largest absolute Gasteiger partial charge is 0.427 e. The van der Waals surface area contributed by atoms with Crippen LogP contribution in [0.3, 0.4) is 0 Å². The first-order valence-electron chi connectivity index (χ1n) is 9.56. The standard InChI is InChI=1S/C22H32O2/c1-14(2)21(22(3,4)5)17-7-6-8-18(12-17)24-20(23)13-19-15-9-10-16(19)11-15/h6-8,12,14-16,19,21H,9-11,13H2,1-5H3. The molecule has 2 heteroatoms. The lowest BCUT2D eigenvalue weighted by Gasteiger charge is -2.35. The second-order valence-corrected chi connectivity index (χ2v) is 9.34. The normalized spacial score (nSPS) is 27.0. The van der Waals surface area contributed by atoms with Crippen LogP contribution in [0.5, 0.6) is 5.75 Å². The topological polar surface area (TPSA) is 26.3 Å². The smallest absolute Gasteiger partial charge is 0.311 e. The van der Waals surface area contributed by atoms with Gasteiger partial charge in [-0.15, -0.1) is 0 Å². The molecular formula is C22H32O2.